The van der Waals surface area contributed by atoms with E-state index in [9.17, 15) is 4.79 Å². The summed E-state index contributed by atoms with van der Waals surface area (Å²) >= 11 is 0. The number of nitrogens with zero attached hydrogens (tertiary/aromatic N) is 4. The van der Waals surface area contributed by atoms with Gasteiger partial charge in [0.25, 0.3) is 0 Å². The van der Waals surface area contributed by atoms with Crippen LogP contribution in [-0.4, -0.2) is 55.8 Å². The van der Waals surface area contributed by atoms with Crippen molar-refractivity contribution < 1.29 is 14.1 Å². The Morgan fingerprint density at radius 3 is 2.97 bits per heavy atom. The lowest BCUT2D eigenvalue weighted by Crippen LogP contribution is -2.47. The maximum atomic E-state index is 12.5. The fourth-order valence-corrected chi connectivity index (χ4v) is 3.53. The van der Waals surface area contributed by atoms with Gasteiger partial charge in [-0.3, -0.25) is 0 Å². The van der Waals surface area contributed by atoms with Crippen LogP contribution in [0.4, 0.5) is 10.5 Å². The third-order valence-corrected chi connectivity index (χ3v) is 4.78. The number of anilines is 1. The number of ether oxygens (including phenoxy) is 1. The number of amides is 1. The molecule has 1 saturated heterocycles. The molecule has 1 atom stereocenters. The molecule has 0 aliphatic carbocycles. The summed E-state index contributed by atoms with van der Waals surface area (Å²) in [5.41, 5.74) is 1.91. The summed E-state index contributed by atoms with van der Waals surface area (Å²) in [6.45, 7) is 8.65. The number of hydrogen-bond donors (Lipinski definition) is 2. The van der Waals surface area contributed by atoms with Gasteiger partial charge in [0.05, 0.1) is 11.3 Å². The van der Waals surface area contributed by atoms with Gasteiger partial charge in [0.2, 0.25) is 11.7 Å². The van der Waals surface area contributed by atoms with Gasteiger partial charge < -0.3 is 24.5 Å². The number of hydrogen-bond acceptors (Lipinski definition) is 7. The summed E-state index contributed by atoms with van der Waals surface area (Å²) in [6.07, 6.45) is 5.15. The first-order valence-corrected chi connectivity index (χ1v) is 9.81. The minimum absolute atomic E-state index is 0.0727. The molecule has 1 aliphatic heterocycles. The van der Waals surface area contributed by atoms with E-state index in [4.69, 9.17) is 9.26 Å². The third kappa shape index (κ3) is 4.18. The monoisotopic (exact) mass is 398 g/mol. The normalized spacial score (nSPS) is 17.5. The molecule has 1 fully saturated rings. The van der Waals surface area contributed by atoms with Gasteiger partial charge >= 0.3 is 6.09 Å². The quantitative estimate of drug-likeness (QED) is 0.692. The molecule has 9 heteroatoms. The van der Waals surface area contributed by atoms with Crippen molar-refractivity contribution in [3.8, 4) is 11.4 Å². The van der Waals surface area contributed by atoms with Gasteiger partial charge in [0.1, 0.15) is 11.2 Å². The van der Waals surface area contributed by atoms with E-state index < -0.39 is 5.60 Å². The number of nitrogens with one attached hydrogen (secondary N) is 2. The summed E-state index contributed by atoms with van der Waals surface area (Å²) < 4.78 is 10.7. The molecule has 0 saturated carbocycles. The third-order valence-electron chi connectivity index (χ3n) is 4.78. The summed E-state index contributed by atoms with van der Waals surface area (Å²) in [7, 11) is 0. The topological polar surface area (TPSA) is 109 Å². The average Bonchev–Trinajstić information content (AvgIpc) is 3.30. The Bertz CT molecular complexity index is 1020. The minimum atomic E-state index is -0.510. The Labute approximate surface area is 168 Å². The Kier molecular flexibility index (Phi) is 4.89. The Balaban J connectivity index is 1.60. The maximum Gasteiger partial charge on any atom is 0.410 e. The lowest BCUT2D eigenvalue weighted by Gasteiger charge is -2.35. The van der Waals surface area contributed by atoms with E-state index in [0.717, 1.165) is 35.1 Å². The van der Waals surface area contributed by atoms with E-state index >= 15 is 0 Å². The van der Waals surface area contributed by atoms with Crippen molar-refractivity contribution in [1.29, 1.82) is 0 Å². The first-order chi connectivity index (χ1) is 13.8. The molecule has 154 valence electrons. The first kappa shape index (κ1) is 19.2. The summed E-state index contributed by atoms with van der Waals surface area (Å²) in [6, 6.07) is 2.04. The molecule has 4 rings (SSSR count). The fourth-order valence-electron chi connectivity index (χ4n) is 3.53. The number of likely N-dealkylation sites (tertiary alicyclic amines) is 1. The van der Waals surface area contributed by atoms with Crippen molar-refractivity contribution in [3.05, 3.63) is 24.4 Å². The molecular weight excluding hydrogens is 372 g/mol. The number of H-pyrrole nitrogens is 1. The van der Waals surface area contributed by atoms with Crippen molar-refractivity contribution in [2.75, 3.05) is 18.4 Å². The van der Waals surface area contributed by atoms with Gasteiger partial charge in [0.15, 0.2) is 0 Å². The standard InChI is InChI=1S/C20H26N6O3/c1-12-23-18(25-29-12)15-10-22-17-14(7-8-21-17)16(15)24-13-6-5-9-26(11-13)19(27)28-20(2,3)4/h7-8,10,13H,5-6,9,11H2,1-4H3,(H2,21,22,24)/t13-/m1/s1. The fraction of sp³-hybridized carbons (Fsp3) is 0.500. The molecule has 4 heterocycles. The molecule has 1 aliphatic rings. The van der Waals surface area contributed by atoms with Gasteiger partial charge in [-0.05, 0) is 39.7 Å². The highest BCUT2D eigenvalue weighted by atomic mass is 16.6. The zero-order chi connectivity index (χ0) is 20.6. The van der Waals surface area contributed by atoms with Crippen LogP contribution in [0.5, 0.6) is 0 Å². The molecule has 9 nitrogen and oxygen atoms in total. The second kappa shape index (κ2) is 7.38. The molecular formula is C20H26N6O3. The highest BCUT2D eigenvalue weighted by molar-refractivity contribution is 5.97. The smallest absolute Gasteiger partial charge is 0.410 e. The van der Waals surface area contributed by atoms with Crippen molar-refractivity contribution in [1.82, 2.24) is 25.0 Å². The Hall–Kier alpha value is -3.10. The van der Waals surface area contributed by atoms with Crippen molar-refractivity contribution in [2.24, 2.45) is 0 Å². The van der Waals surface area contributed by atoms with Gasteiger partial charge in [-0.25, -0.2) is 9.78 Å². The van der Waals surface area contributed by atoms with Gasteiger partial charge in [0, 0.05) is 43.8 Å². The number of aromatic nitrogens is 4. The van der Waals surface area contributed by atoms with Crippen LogP contribution < -0.4 is 5.32 Å². The molecule has 1 amide bonds. The highest BCUT2D eigenvalue weighted by Gasteiger charge is 2.28. The number of aromatic amines is 1. The van der Waals surface area contributed by atoms with Gasteiger partial charge in [-0.2, -0.15) is 4.98 Å². The van der Waals surface area contributed by atoms with Crippen LogP contribution in [-0.2, 0) is 4.74 Å². The molecule has 0 unspecified atom stereocenters. The van der Waals surface area contributed by atoms with Crippen molar-refractivity contribution in [3.63, 3.8) is 0 Å². The van der Waals surface area contributed by atoms with Gasteiger partial charge in [-0.15, -0.1) is 0 Å². The number of fused-ring (bicyclic) bond motifs is 1. The van der Waals surface area contributed by atoms with E-state index in [0.29, 0.717) is 24.8 Å². The Morgan fingerprint density at radius 1 is 1.41 bits per heavy atom. The summed E-state index contributed by atoms with van der Waals surface area (Å²) in [4.78, 5) is 26.2. The SMILES string of the molecule is Cc1nc(-c2cnc3[nH]ccc3c2N[C@@H]2CCCN(C(=O)OC(C)(C)C)C2)no1. The molecule has 2 N–H and O–H groups in total. The van der Waals surface area contributed by atoms with Crippen LogP contribution in [0.3, 0.4) is 0 Å². The van der Waals surface area contributed by atoms with E-state index in [1.807, 2.05) is 33.0 Å². The average molecular weight is 398 g/mol. The van der Waals surface area contributed by atoms with Crippen molar-refractivity contribution >= 4 is 22.8 Å². The highest BCUT2D eigenvalue weighted by Crippen LogP contribution is 2.33. The number of aryl methyl sites for hydroxylation is 1. The number of carbonyl (C=O) groups is 1. The van der Waals surface area contributed by atoms with Crippen molar-refractivity contribution in [2.45, 2.75) is 52.2 Å². The van der Waals surface area contributed by atoms with Crippen LogP contribution in [0, 0.1) is 6.92 Å². The predicted molar refractivity (Wildman–Crippen MR) is 109 cm³/mol. The number of piperidine rings is 1. The second-order valence-electron chi connectivity index (χ2n) is 8.33. The second-order valence-corrected chi connectivity index (χ2v) is 8.33. The molecule has 0 aromatic carbocycles. The molecule has 0 radical (unpaired) electrons. The molecule has 0 bridgehead atoms. The lowest BCUT2D eigenvalue weighted by atomic mass is 10.0. The van der Waals surface area contributed by atoms with E-state index in [-0.39, 0.29) is 12.1 Å². The minimum Gasteiger partial charge on any atom is -0.444 e. The van der Waals surface area contributed by atoms with Crippen LogP contribution >= 0.6 is 0 Å². The molecule has 29 heavy (non-hydrogen) atoms. The molecule has 0 spiro atoms. The largest absolute Gasteiger partial charge is 0.444 e. The zero-order valence-corrected chi connectivity index (χ0v) is 17.2. The summed E-state index contributed by atoms with van der Waals surface area (Å²) in [5, 5.41) is 8.60. The summed E-state index contributed by atoms with van der Waals surface area (Å²) in [5.74, 6) is 0.981. The van der Waals surface area contributed by atoms with Gasteiger partial charge in [-0.1, -0.05) is 5.16 Å². The van der Waals surface area contributed by atoms with Crippen LogP contribution in [0.1, 0.15) is 39.5 Å². The Morgan fingerprint density at radius 2 is 2.24 bits per heavy atom. The van der Waals surface area contributed by atoms with Crippen LogP contribution in [0.25, 0.3) is 22.4 Å². The predicted octanol–water partition coefficient (Wildman–Crippen LogP) is 3.73. The first-order valence-electron chi connectivity index (χ1n) is 9.81. The number of rotatable bonds is 3. The van der Waals surface area contributed by atoms with Crippen LogP contribution in [0.2, 0.25) is 0 Å². The van der Waals surface area contributed by atoms with Crippen LogP contribution in [0.15, 0.2) is 23.0 Å². The zero-order valence-electron chi connectivity index (χ0n) is 17.2. The maximum absolute atomic E-state index is 12.5. The molecule has 3 aromatic rings. The number of carbonyl (C=O) groups excluding carboxylic acids is 1. The lowest BCUT2D eigenvalue weighted by molar-refractivity contribution is 0.0206. The molecule has 3 aromatic heterocycles. The number of pyridine rings is 1. The van der Waals surface area contributed by atoms with E-state index in [2.05, 4.69) is 25.4 Å². The van der Waals surface area contributed by atoms with E-state index in [1.54, 1.807) is 18.0 Å². The van der Waals surface area contributed by atoms with E-state index in [1.165, 1.54) is 0 Å².